The number of carbonyl (C=O) groups excluding carboxylic acids is 3. The Kier molecular flexibility index (Phi) is 10.5. The summed E-state index contributed by atoms with van der Waals surface area (Å²) in [6.45, 7) is 4.35. The standard InChI is InChI=1S/C27H27ClN4O6/c1-3-36-21-12-10-20(11-13-21)30-25(33)17-38-23-14-9-19(28)15-18(23)16-29-32-27(35)26(34)31-22-7-5-6-8-24(22)37-4-2/h5-16H,3-4,17H2,1-2H3,(H,30,33)(H,31,34)(H,32,35)/b29-16-. The molecule has 0 heterocycles. The van der Waals surface area contributed by atoms with Gasteiger partial charge in [0.1, 0.15) is 17.2 Å². The minimum absolute atomic E-state index is 0.288. The van der Waals surface area contributed by atoms with E-state index in [1.165, 1.54) is 12.3 Å². The number of hydrogen-bond donors (Lipinski definition) is 3. The molecule has 0 saturated carbocycles. The normalized spacial score (nSPS) is 10.5. The Morgan fingerprint density at radius 3 is 2.32 bits per heavy atom. The van der Waals surface area contributed by atoms with Crippen molar-refractivity contribution in [2.24, 2.45) is 5.10 Å². The van der Waals surface area contributed by atoms with E-state index in [9.17, 15) is 14.4 Å². The third-order valence-corrected chi connectivity index (χ3v) is 5.03. The van der Waals surface area contributed by atoms with Crippen molar-refractivity contribution in [3.05, 3.63) is 77.3 Å². The number of nitrogens with zero attached hydrogens (tertiary/aromatic N) is 1. The van der Waals surface area contributed by atoms with Crippen molar-refractivity contribution in [1.82, 2.24) is 5.43 Å². The van der Waals surface area contributed by atoms with Crippen LogP contribution in [-0.4, -0.2) is 43.8 Å². The Balaban J connectivity index is 1.56. The fourth-order valence-electron chi connectivity index (χ4n) is 3.13. The van der Waals surface area contributed by atoms with Crippen LogP contribution in [0.5, 0.6) is 17.2 Å². The molecule has 3 aromatic rings. The van der Waals surface area contributed by atoms with Crippen molar-refractivity contribution >= 4 is 46.9 Å². The van der Waals surface area contributed by atoms with Gasteiger partial charge in [-0.25, -0.2) is 5.43 Å². The molecule has 0 aliphatic rings. The number of ether oxygens (including phenoxy) is 3. The summed E-state index contributed by atoms with van der Waals surface area (Å²) in [7, 11) is 0. The molecule has 0 atom stereocenters. The Morgan fingerprint density at radius 2 is 1.58 bits per heavy atom. The highest BCUT2D eigenvalue weighted by Gasteiger charge is 2.15. The molecule has 11 heteroatoms. The smallest absolute Gasteiger partial charge is 0.329 e. The number of carbonyl (C=O) groups is 3. The van der Waals surface area contributed by atoms with E-state index in [0.29, 0.717) is 52.4 Å². The van der Waals surface area contributed by atoms with E-state index >= 15 is 0 Å². The molecule has 198 valence electrons. The van der Waals surface area contributed by atoms with Gasteiger partial charge in [-0.1, -0.05) is 23.7 Å². The summed E-state index contributed by atoms with van der Waals surface area (Å²) in [6, 6.07) is 18.4. The van der Waals surface area contributed by atoms with Gasteiger partial charge in [-0.2, -0.15) is 5.10 Å². The molecule has 0 aliphatic heterocycles. The predicted molar refractivity (Wildman–Crippen MR) is 145 cm³/mol. The number of nitrogens with one attached hydrogen (secondary N) is 3. The third-order valence-electron chi connectivity index (χ3n) is 4.79. The first-order valence-corrected chi connectivity index (χ1v) is 12.1. The van der Waals surface area contributed by atoms with Gasteiger partial charge in [0.15, 0.2) is 6.61 Å². The van der Waals surface area contributed by atoms with E-state index in [4.69, 9.17) is 25.8 Å². The first-order chi connectivity index (χ1) is 18.4. The molecule has 0 fully saturated rings. The second-order valence-corrected chi connectivity index (χ2v) is 8.00. The van der Waals surface area contributed by atoms with E-state index in [-0.39, 0.29) is 12.5 Å². The SMILES string of the molecule is CCOc1ccc(NC(=O)COc2ccc(Cl)cc2/C=N\NC(=O)C(=O)Nc2ccccc2OCC)cc1. The maximum absolute atomic E-state index is 12.3. The first kappa shape index (κ1) is 28.0. The Bertz CT molecular complexity index is 1300. The molecule has 0 bridgehead atoms. The molecule has 3 rings (SSSR count). The Morgan fingerprint density at radius 1 is 0.842 bits per heavy atom. The lowest BCUT2D eigenvalue weighted by molar-refractivity contribution is -0.136. The number of hydrazone groups is 1. The summed E-state index contributed by atoms with van der Waals surface area (Å²) in [6.07, 6.45) is 1.25. The summed E-state index contributed by atoms with van der Waals surface area (Å²) in [5.41, 5.74) is 3.47. The van der Waals surface area contributed by atoms with Crippen LogP contribution in [0.25, 0.3) is 0 Å². The molecule has 0 aliphatic carbocycles. The first-order valence-electron chi connectivity index (χ1n) is 11.7. The molecule has 0 aromatic heterocycles. The third kappa shape index (κ3) is 8.52. The van der Waals surface area contributed by atoms with Crippen LogP contribution in [0.15, 0.2) is 71.8 Å². The highest BCUT2D eigenvalue weighted by atomic mass is 35.5. The van der Waals surface area contributed by atoms with Crippen LogP contribution in [0.3, 0.4) is 0 Å². The molecule has 38 heavy (non-hydrogen) atoms. The average Bonchev–Trinajstić information content (AvgIpc) is 2.90. The van der Waals surface area contributed by atoms with E-state index < -0.39 is 11.8 Å². The highest BCUT2D eigenvalue weighted by molar-refractivity contribution is 6.39. The van der Waals surface area contributed by atoms with Crippen LogP contribution in [-0.2, 0) is 14.4 Å². The van der Waals surface area contributed by atoms with E-state index in [1.807, 2.05) is 13.8 Å². The molecule has 0 saturated heterocycles. The summed E-state index contributed by atoms with van der Waals surface area (Å²) in [5, 5.41) is 9.40. The van der Waals surface area contributed by atoms with Crippen LogP contribution < -0.4 is 30.3 Å². The van der Waals surface area contributed by atoms with Crippen LogP contribution in [0, 0.1) is 0 Å². The van der Waals surface area contributed by atoms with Crippen LogP contribution in [0.2, 0.25) is 5.02 Å². The van der Waals surface area contributed by atoms with Gasteiger partial charge in [0.05, 0.1) is 25.1 Å². The van der Waals surface area contributed by atoms with Crippen molar-refractivity contribution in [2.45, 2.75) is 13.8 Å². The van der Waals surface area contributed by atoms with Crippen molar-refractivity contribution in [3.63, 3.8) is 0 Å². The monoisotopic (exact) mass is 538 g/mol. The zero-order valence-electron chi connectivity index (χ0n) is 20.8. The van der Waals surface area contributed by atoms with Gasteiger partial charge in [-0.3, -0.25) is 14.4 Å². The van der Waals surface area contributed by atoms with Gasteiger partial charge in [-0.15, -0.1) is 0 Å². The molecule has 0 spiro atoms. The van der Waals surface area contributed by atoms with Gasteiger partial charge < -0.3 is 24.8 Å². The molecule has 0 radical (unpaired) electrons. The lowest BCUT2D eigenvalue weighted by Gasteiger charge is -2.11. The maximum Gasteiger partial charge on any atom is 0.329 e. The zero-order chi connectivity index (χ0) is 27.3. The van der Waals surface area contributed by atoms with E-state index in [0.717, 1.165) is 0 Å². The van der Waals surface area contributed by atoms with Gasteiger partial charge >= 0.3 is 11.8 Å². The van der Waals surface area contributed by atoms with Crippen LogP contribution >= 0.6 is 11.6 Å². The fraction of sp³-hybridized carbons (Fsp3) is 0.185. The Hall–Kier alpha value is -4.57. The lowest BCUT2D eigenvalue weighted by Crippen LogP contribution is -2.32. The van der Waals surface area contributed by atoms with Gasteiger partial charge in [0.25, 0.3) is 5.91 Å². The minimum atomic E-state index is -0.994. The molecule has 3 N–H and O–H groups in total. The van der Waals surface area contributed by atoms with Crippen molar-refractivity contribution < 1.29 is 28.6 Å². The maximum atomic E-state index is 12.3. The molecule has 0 unspecified atom stereocenters. The number of rotatable bonds is 11. The predicted octanol–water partition coefficient (Wildman–Crippen LogP) is 4.24. The number of para-hydroxylation sites is 2. The summed E-state index contributed by atoms with van der Waals surface area (Å²) < 4.78 is 16.4. The number of hydrogen-bond acceptors (Lipinski definition) is 7. The number of amides is 3. The van der Waals surface area contributed by atoms with Crippen molar-refractivity contribution in [1.29, 1.82) is 0 Å². The van der Waals surface area contributed by atoms with E-state index in [1.54, 1.807) is 60.7 Å². The number of benzene rings is 3. The fourth-order valence-corrected chi connectivity index (χ4v) is 3.32. The zero-order valence-corrected chi connectivity index (χ0v) is 21.6. The van der Waals surface area contributed by atoms with Gasteiger partial charge in [0, 0.05) is 16.3 Å². The molecule has 10 nitrogen and oxygen atoms in total. The minimum Gasteiger partial charge on any atom is -0.494 e. The average molecular weight is 539 g/mol. The second kappa shape index (κ2) is 14.2. The molecular formula is C27H27ClN4O6. The summed E-state index contributed by atoms with van der Waals surface area (Å²) in [5.74, 6) is -0.873. The van der Waals surface area contributed by atoms with Gasteiger partial charge in [0.2, 0.25) is 0 Å². The second-order valence-electron chi connectivity index (χ2n) is 7.56. The van der Waals surface area contributed by atoms with Crippen LogP contribution in [0.4, 0.5) is 11.4 Å². The number of halogens is 1. The van der Waals surface area contributed by atoms with Gasteiger partial charge in [-0.05, 0) is 68.4 Å². The lowest BCUT2D eigenvalue weighted by atomic mass is 10.2. The topological polar surface area (TPSA) is 127 Å². The molecular weight excluding hydrogens is 512 g/mol. The summed E-state index contributed by atoms with van der Waals surface area (Å²) in [4.78, 5) is 36.8. The highest BCUT2D eigenvalue weighted by Crippen LogP contribution is 2.24. The summed E-state index contributed by atoms with van der Waals surface area (Å²) >= 11 is 6.07. The quantitative estimate of drug-likeness (QED) is 0.190. The molecule has 3 amide bonds. The van der Waals surface area contributed by atoms with Crippen molar-refractivity contribution in [2.75, 3.05) is 30.5 Å². The van der Waals surface area contributed by atoms with E-state index in [2.05, 4.69) is 21.2 Å². The van der Waals surface area contributed by atoms with Crippen LogP contribution in [0.1, 0.15) is 19.4 Å². The molecule has 3 aromatic carbocycles. The largest absolute Gasteiger partial charge is 0.494 e. The number of anilines is 2. The van der Waals surface area contributed by atoms with Crippen molar-refractivity contribution in [3.8, 4) is 17.2 Å². The Labute approximate surface area is 224 Å².